The first-order valence-corrected chi connectivity index (χ1v) is 8.61. The minimum atomic E-state index is 0.269. The van der Waals surface area contributed by atoms with Crippen LogP contribution < -0.4 is 10.5 Å². The summed E-state index contributed by atoms with van der Waals surface area (Å²) in [5.74, 6) is 1.46. The van der Waals surface area contributed by atoms with Gasteiger partial charge in [-0.05, 0) is 60.8 Å². The van der Waals surface area contributed by atoms with Crippen molar-refractivity contribution in [2.75, 3.05) is 6.54 Å². The molecule has 0 spiro atoms. The Morgan fingerprint density at radius 1 is 1.00 bits per heavy atom. The number of hydrogen-bond donors (Lipinski definition) is 1. The molecule has 0 radical (unpaired) electrons. The van der Waals surface area contributed by atoms with Crippen LogP contribution in [-0.4, -0.2) is 12.6 Å². The summed E-state index contributed by atoms with van der Waals surface area (Å²) in [7, 11) is 0. The predicted octanol–water partition coefficient (Wildman–Crippen LogP) is 4.89. The fourth-order valence-electron chi connectivity index (χ4n) is 3.22. The van der Waals surface area contributed by atoms with Crippen LogP contribution in [-0.2, 0) is 0 Å². The van der Waals surface area contributed by atoms with Gasteiger partial charge in [0.15, 0.2) is 0 Å². The van der Waals surface area contributed by atoms with E-state index < -0.39 is 0 Å². The van der Waals surface area contributed by atoms with Gasteiger partial charge in [0.1, 0.15) is 11.9 Å². The van der Waals surface area contributed by atoms with Crippen LogP contribution >= 0.6 is 15.9 Å². The van der Waals surface area contributed by atoms with E-state index >= 15 is 0 Å². The van der Waals surface area contributed by atoms with Crippen molar-refractivity contribution in [3.63, 3.8) is 0 Å². The molecule has 0 aromatic heterocycles. The Balaban J connectivity index is 1.81. The zero-order valence-electron chi connectivity index (χ0n) is 12.2. The van der Waals surface area contributed by atoms with Gasteiger partial charge >= 0.3 is 0 Å². The van der Waals surface area contributed by atoms with Gasteiger partial charge in [0.25, 0.3) is 0 Å². The lowest BCUT2D eigenvalue weighted by molar-refractivity contribution is 0.130. The average Bonchev–Trinajstić information content (AvgIpc) is 2.72. The Morgan fingerprint density at radius 3 is 2.62 bits per heavy atom. The lowest BCUT2D eigenvalue weighted by Crippen LogP contribution is -2.31. The second-order valence-corrected chi connectivity index (χ2v) is 6.86. The van der Waals surface area contributed by atoms with E-state index in [4.69, 9.17) is 10.5 Å². The molecule has 0 aliphatic heterocycles. The second-order valence-electron chi connectivity index (χ2n) is 5.94. The molecule has 1 fully saturated rings. The minimum absolute atomic E-state index is 0.269. The Kier molecular flexibility index (Phi) is 4.81. The van der Waals surface area contributed by atoms with Gasteiger partial charge in [-0.1, -0.05) is 40.9 Å². The molecule has 1 saturated carbocycles. The molecule has 21 heavy (non-hydrogen) atoms. The van der Waals surface area contributed by atoms with Gasteiger partial charge < -0.3 is 10.5 Å². The molecule has 1 aliphatic carbocycles. The summed E-state index contributed by atoms with van der Waals surface area (Å²) < 4.78 is 7.39. The number of benzene rings is 2. The van der Waals surface area contributed by atoms with Crippen molar-refractivity contribution in [1.29, 1.82) is 0 Å². The van der Waals surface area contributed by atoms with Crippen LogP contribution in [0.15, 0.2) is 40.9 Å². The molecule has 3 rings (SSSR count). The summed E-state index contributed by atoms with van der Waals surface area (Å²) in [5.41, 5.74) is 5.94. The fourth-order valence-corrected chi connectivity index (χ4v) is 3.60. The van der Waals surface area contributed by atoms with Gasteiger partial charge in [0.2, 0.25) is 0 Å². The first-order valence-electron chi connectivity index (χ1n) is 7.82. The highest BCUT2D eigenvalue weighted by Gasteiger charge is 2.24. The largest absolute Gasteiger partial charge is 0.490 e. The van der Waals surface area contributed by atoms with Gasteiger partial charge in [-0.2, -0.15) is 0 Å². The third kappa shape index (κ3) is 3.58. The molecule has 2 nitrogen and oxygen atoms in total. The van der Waals surface area contributed by atoms with Crippen molar-refractivity contribution < 1.29 is 4.74 Å². The molecule has 1 aliphatic rings. The van der Waals surface area contributed by atoms with Crippen molar-refractivity contribution in [1.82, 2.24) is 0 Å². The van der Waals surface area contributed by atoms with Crippen LogP contribution in [0.4, 0.5) is 0 Å². The summed E-state index contributed by atoms with van der Waals surface area (Å²) in [6.45, 7) is 0.727. The predicted molar refractivity (Wildman–Crippen MR) is 91.7 cm³/mol. The van der Waals surface area contributed by atoms with Crippen molar-refractivity contribution in [2.45, 2.75) is 38.2 Å². The molecule has 2 unspecified atom stereocenters. The summed E-state index contributed by atoms with van der Waals surface area (Å²) in [5, 5.41) is 2.45. The lowest BCUT2D eigenvalue weighted by atomic mass is 9.97. The lowest BCUT2D eigenvalue weighted by Gasteiger charge is -2.25. The van der Waals surface area contributed by atoms with Crippen molar-refractivity contribution in [2.24, 2.45) is 11.7 Å². The van der Waals surface area contributed by atoms with Crippen LogP contribution in [0, 0.1) is 5.92 Å². The molecule has 0 bridgehead atoms. The first kappa shape index (κ1) is 14.9. The molecular formula is C18H22BrNO. The topological polar surface area (TPSA) is 35.2 Å². The first-order chi connectivity index (χ1) is 10.3. The maximum Gasteiger partial charge on any atom is 0.120 e. The van der Waals surface area contributed by atoms with Gasteiger partial charge in [0, 0.05) is 10.4 Å². The number of hydrogen-bond acceptors (Lipinski definition) is 2. The van der Waals surface area contributed by atoms with E-state index in [0.717, 1.165) is 23.2 Å². The van der Waals surface area contributed by atoms with Crippen LogP contribution in [0.2, 0.25) is 0 Å². The highest BCUT2D eigenvalue weighted by atomic mass is 79.9. The average molecular weight is 348 g/mol. The highest BCUT2D eigenvalue weighted by molar-refractivity contribution is 9.10. The van der Waals surface area contributed by atoms with E-state index in [1.807, 2.05) is 0 Å². The zero-order valence-corrected chi connectivity index (χ0v) is 13.8. The minimum Gasteiger partial charge on any atom is -0.490 e. The zero-order chi connectivity index (χ0) is 14.7. The Labute approximate surface area is 134 Å². The maximum atomic E-state index is 6.29. The third-order valence-electron chi connectivity index (χ3n) is 4.45. The van der Waals surface area contributed by atoms with E-state index in [1.54, 1.807) is 0 Å². The third-order valence-corrected chi connectivity index (χ3v) is 4.95. The van der Waals surface area contributed by atoms with Crippen molar-refractivity contribution >= 4 is 26.7 Å². The molecule has 2 aromatic carbocycles. The molecule has 2 N–H and O–H groups in total. The molecule has 112 valence electrons. The molecule has 0 saturated heterocycles. The second kappa shape index (κ2) is 6.80. The molecule has 0 amide bonds. The van der Waals surface area contributed by atoms with E-state index in [0.29, 0.717) is 5.92 Å². The molecule has 2 aromatic rings. The van der Waals surface area contributed by atoms with Gasteiger partial charge in [-0.3, -0.25) is 0 Å². The number of rotatable bonds is 3. The van der Waals surface area contributed by atoms with E-state index in [2.05, 4.69) is 52.3 Å². The monoisotopic (exact) mass is 347 g/mol. The van der Waals surface area contributed by atoms with Crippen LogP contribution in [0.1, 0.15) is 32.1 Å². The maximum absolute atomic E-state index is 6.29. The molecule has 0 heterocycles. The Morgan fingerprint density at radius 2 is 1.76 bits per heavy atom. The van der Waals surface area contributed by atoms with Crippen LogP contribution in [0.5, 0.6) is 5.75 Å². The summed E-state index contributed by atoms with van der Waals surface area (Å²) in [4.78, 5) is 0. The quantitative estimate of drug-likeness (QED) is 0.802. The van der Waals surface area contributed by atoms with E-state index in [-0.39, 0.29) is 6.10 Å². The number of halogens is 1. The summed E-state index contributed by atoms with van der Waals surface area (Å²) >= 11 is 3.51. The number of fused-ring (bicyclic) bond motifs is 1. The van der Waals surface area contributed by atoms with Gasteiger partial charge in [-0.15, -0.1) is 0 Å². The smallest absolute Gasteiger partial charge is 0.120 e. The highest BCUT2D eigenvalue weighted by Crippen LogP contribution is 2.29. The SMILES string of the molecule is NCC1CCCCCC1Oc1ccc2cc(Br)ccc2c1. The normalized spacial score (nSPS) is 23.0. The summed E-state index contributed by atoms with van der Waals surface area (Å²) in [6.07, 6.45) is 6.43. The Hall–Kier alpha value is -1.06. The Bertz CT molecular complexity index is 613. The fraction of sp³-hybridized carbons (Fsp3) is 0.444. The number of nitrogens with two attached hydrogens (primary N) is 1. The van der Waals surface area contributed by atoms with Crippen LogP contribution in [0.25, 0.3) is 10.8 Å². The van der Waals surface area contributed by atoms with E-state index in [1.165, 1.54) is 36.5 Å². The molecular weight excluding hydrogens is 326 g/mol. The summed E-state index contributed by atoms with van der Waals surface area (Å²) in [6, 6.07) is 12.7. The van der Waals surface area contributed by atoms with Crippen molar-refractivity contribution in [3.8, 4) is 5.75 Å². The van der Waals surface area contributed by atoms with Crippen LogP contribution in [0.3, 0.4) is 0 Å². The van der Waals surface area contributed by atoms with Crippen molar-refractivity contribution in [3.05, 3.63) is 40.9 Å². The standard InChI is InChI=1S/C18H22BrNO/c19-16-8-6-14-11-17(9-7-13(14)10-16)21-18-5-3-1-2-4-15(18)12-20/h6-11,15,18H,1-5,12,20H2. The molecule has 3 heteroatoms. The number of ether oxygens (including phenoxy) is 1. The van der Waals surface area contributed by atoms with Gasteiger partial charge in [-0.25, -0.2) is 0 Å². The van der Waals surface area contributed by atoms with E-state index in [9.17, 15) is 0 Å². The molecule has 2 atom stereocenters. The van der Waals surface area contributed by atoms with Gasteiger partial charge in [0.05, 0.1) is 0 Å².